The molecule has 0 aliphatic carbocycles. The minimum absolute atomic E-state index is 0.257. The predicted octanol–water partition coefficient (Wildman–Crippen LogP) is 4.88. The molecule has 1 amide bonds. The lowest BCUT2D eigenvalue weighted by Gasteiger charge is -2.06. The van der Waals surface area contributed by atoms with Crippen LogP contribution in [0.25, 0.3) is 21.9 Å². The highest BCUT2D eigenvalue weighted by Crippen LogP contribution is 2.23. The molecule has 3 N–H and O–H groups in total. The summed E-state index contributed by atoms with van der Waals surface area (Å²) in [6, 6.07) is 25.2. The van der Waals surface area contributed by atoms with Crippen molar-refractivity contribution in [3.8, 4) is 5.75 Å². The predicted molar refractivity (Wildman–Crippen MR) is 113 cm³/mol. The van der Waals surface area contributed by atoms with E-state index in [0.29, 0.717) is 18.2 Å². The van der Waals surface area contributed by atoms with E-state index in [1.54, 1.807) is 0 Å². The number of fused-ring (bicyclic) bond motifs is 2. The third kappa shape index (κ3) is 3.55. The monoisotopic (exact) mass is 382 g/mol. The van der Waals surface area contributed by atoms with Crippen LogP contribution < -0.4 is 10.1 Å². The first-order chi connectivity index (χ1) is 14.2. The molecule has 29 heavy (non-hydrogen) atoms. The number of amides is 1. The van der Waals surface area contributed by atoms with E-state index >= 15 is 0 Å². The van der Waals surface area contributed by atoms with Gasteiger partial charge in [0.2, 0.25) is 5.95 Å². The van der Waals surface area contributed by atoms with Crippen LogP contribution in [0.3, 0.4) is 0 Å². The van der Waals surface area contributed by atoms with Crippen LogP contribution in [-0.4, -0.2) is 20.9 Å². The summed E-state index contributed by atoms with van der Waals surface area (Å²) in [4.78, 5) is 23.2. The van der Waals surface area contributed by atoms with Crippen LogP contribution in [0.15, 0.2) is 78.9 Å². The summed E-state index contributed by atoms with van der Waals surface area (Å²) < 4.78 is 5.86. The first kappa shape index (κ1) is 17.1. The molecule has 0 atom stereocenters. The number of aromatic amines is 2. The number of H-pyrrole nitrogens is 2. The lowest BCUT2D eigenvalue weighted by molar-refractivity contribution is 0.102. The highest BCUT2D eigenvalue weighted by Gasteiger charge is 2.12. The number of carbonyl (C=O) groups is 1. The van der Waals surface area contributed by atoms with Crippen molar-refractivity contribution in [3.63, 3.8) is 0 Å². The number of ether oxygens (including phenoxy) is 1. The molecule has 0 bridgehead atoms. The number of hydrogen-bond acceptors (Lipinski definition) is 3. The highest BCUT2D eigenvalue weighted by atomic mass is 16.5. The van der Waals surface area contributed by atoms with Crippen molar-refractivity contribution >= 4 is 33.8 Å². The summed E-state index contributed by atoms with van der Waals surface area (Å²) in [5.41, 5.74) is 4.08. The Labute approximate surface area is 166 Å². The van der Waals surface area contributed by atoms with E-state index in [0.717, 1.165) is 33.2 Å². The van der Waals surface area contributed by atoms with E-state index in [1.807, 2.05) is 78.9 Å². The van der Waals surface area contributed by atoms with Crippen LogP contribution in [0, 0.1) is 0 Å². The fourth-order valence-electron chi connectivity index (χ4n) is 3.25. The van der Waals surface area contributed by atoms with Crippen LogP contribution in [0.5, 0.6) is 5.75 Å². The second-order valence-electron chi connectivity index (χ2n) is 6.76. The fraction of sp³-hybridized carbons (Fsp3) is 0.0435. The van der Waals surface area contributed by atoms with Gasteiger partial charge < -0.3 is 14.7 Å². The molecule has 6 nitrogen and oxygen atoms in total. The van der Waals surface area contributed by atoms with Crippen molar-refractivity contribution in [1.29, 1.82) is 0 Å². The summed E-state index contributed by atoms with van der Waals surface area (Å²) in [6.45, 7) is 0.493. The number of carbonyl (C=O) groups excluding carboxylic acids is 1. The average molecular weight is 382 g/mol. The van der Waals surface area contributed by atoms with Crippen LogP contribution in [0.2, 0.25) is 0 Å². The van der Waals surface area contributed by atoms with Gasteiger partial charge in [-0.3, -0.25) is 10.1 Å². The van der Waals surface area contributed by atoms with Crippen molar-refractivity contribution in [3.05, 3.63) is 90.1 Å². The molecule has 142 valence electrons. The van der Waals surface area contributed by atoms with Crippen LogP contribution in [0.1, 0.15) is 16.1 Å². The number of nitrogens with zero attached hydrogens (tertiary/aromatic N) is 1. The summed E-state index contributed by atoms with van der Waals surface area (Å²) in [7, 11) is 0. The smallest absolute Gasteiger partial charge is 0.274 e. The Kier molecular flexibility index (Phi) is 4.22. The topological polar surface area (TPSA) is 82.8 Å². The van der Waals surface area contributed by atoms with Gasteiger partial charge in [-0.2, -0.15) is 0 Å². The Morgan fingerprint density at radius 3 is 2.59 bits per heavy atom. The summed E-state index contributed by atoms with van der Waals surface area (Å²) in [5, 5.41) is 3.74. The van der Waals surface area contributed by atoms with E-state index in [4.69, 9.17) is 4.74 Å². The first-order valence-electron chi connectivity index (χ1n) is 9.30. The quantitative estimate of drug-likeness (QED) is 0.405. The molecule has 0 saturated heterocycles. The Bertz CT molecular complexity index is 1270. The van der Waals surface area contributed by atoms with Gasteiger partial charge in [-0.15, -0.1) is 0 Å². The number of rotatable bonds is 5. The molecule has 5 rings (SSSR count). The minimum Gasteiger partial charge on any atom is -0.489 e. The third-order valence-corrected chi connectivity index (χ3v) is 4.71. The Morgan fingerprint density at radius 1 is 0.897 bits per heavy atom. The highest BCUT2D eigenvalue weighted by molar-refractivity contribution is 6.05. The molecule has 5 aromatic rings. The van der Waals surface area contributed by atoms with E-state index in [1.165, 1.54) is 0 Å². The molecule has 0 aliphatic heterocycles. The minimum atomic E-state index is -0.257. The third-order valence-electron chi connectivity index (χ3n) is 4.71. The standard InChI is InChI=1S/C23H18N4O2/c28-22(27-23-25-18-8-4-5-9-19(18)26-23)21-12-16-10-11-17(13-20(16)24-21)29-14-15-6-2-1-3-7-15/h1-13,24H,14H2,(H2,25,26,27,28). The number of anilines is 1. The van der Waals surface area contributed by atoms with Crippen molar-refractivity contribution in [2.24, 2.45) is 0 Å². The maximum absolute atomic E-state index is 12.6. The molecule has 0 radical (unpaired) electrons. The molecule has 6 heteroatoms. The van der Waals surface area contributed by atoms with E-state index in [-0.39, 0.29) is 5.91 Å². The van der Waals surface area contributed by atoms with Crippen molar-refractivity contribution in [2.45, 2.75) is 6.61 Å². The van der Waals surface area contributed by atoms with Gasteiger partial charge in [-0.1, -0.05) is 42.5 Å². The molecule has 0 saturated carbocycles. The maximum Gasteiger partial charge on any atom is 0.274 e. The normalized spacial score (nSPS) is 11.0. The van der Waals surface area contributed by atoms with Gasteiger partial charge in [-0.25, -0.2) is 4.98 Å². The molecule has 3 aromatic carbocycles. The van der Waals surface area contributed by atoms with Crippen molar-refractivity contribution in [2.75, 3.05) is 5.32 Å². The number of nitrogens with one attached hydrogen (secondary N) is 3. The fourth-order valence-corrected chi connectivity index (χ4v) is 3.25. The van der Waals surface area contributed by atoms with Crippen LogP contribution >= 0.6 is 0 Å². The Balaban J connectivity index is 1.33. The second-order valence-corrected chi connectivity index (χ2v) is 6.76. The van der Waals surface area contributed by atoms with Gasteiger partial charge in [0.1, 0.15) is 18.1 Å². The molecule has 0 aliphatic rings. The number of hydrogen-bond donors (Lipinski definition) is 3. The summed E-state index contributed by atoms with van der Waals surface area (Å²) in [5.74, 6) is 0.904. The van der Waals surface area contributed by atoms with Gasteiger partial charge in [-0.05, 0) is 35.9 Å². The largest absolute Gasteiger partial charge is 0.489 e. The zero-order valence-corrected chi connectivity index (χ0v) is 15.5. The SMILES string of the molecule is O=C(Nc1nc2ccccc2[nH]1)c1cc2ccc(OCc3ccccc3)cc2[nH]1. The molecular formula is C23H18N4O2. The van der Waals surface area contributed by atoms with E-state index in [9.17, 15) is 4.79 Å². The number of para-hydroxylation sites is 2. The van der Waals surface area contributed by atoms with E-state index in [2.05, 4.69) is 20.3 Å². The van der Waals surface area contributed by atoms with E-state index < -0.39 is 0 Å². The Hall–Kier alpha value is -4.06. The zero-order valence-electron chi connectivity index (χ0n) is 15.5. The summed E-state index contributed by atoms with van der Waals surface area (Å²) in [6.07, 6.45) is 0. The lowest BCUT2D eigenvalue weighted by Crippen LogP contribution is -2.13. The number of benzene rings is 3. The molecule has 2 aromatic heterocycles. The van der Waals surface area contributed by atoms with Gasteiger partial charge >= 0.3 is 0 Å². The molecule has 0 spiro atoms. The lowest BCUT2D eigenvalue weighted by atomic mass is 10.2. The van der Waals surface area contributed by atoms with Gasteiger partial charge in [0.05, 0.1) is 11.0 Å². The molecule has 0 unspecified atom stereocenters. The molecule has 0 fully saturated rings. The average Bonchev–Trinajstić information content (AvgIpc) is 3.36. The zero-order chi connectivity index (χ0) is 19.6. The van der Waals surface area contributed by atoms with Crippen LogP contribution in [0.4, 0.5) is 5.95 Å². The maximum atomic E-state index is 12.6. The second kappa shape index (κ2) is 7.16. The Morgan fingerprint density at radius 2 is 1.72 bits per heavy atom. The van der Waals surface area contributed by atoms with Crippen LogP contribution in [-0.2, 0) is 6.61 Å². The van der Waals surface area contributed by atoms with Crippen molar-refractivity contribution < 1.29 is 9.53 Å². The van der Waals surface area contributed by atoms with Gasteiger partial charge in [0.25, 0.3) is 5.91 Å². The first-order valence-corrected chi connectivity index (χ1v) is 9.30. The van der Waals surface area contributed by atoms with Crippen molar-refractivity contribution in [1.82, 2.24) is 15.0 Å². The summed E-state index contributed by atoms with van der Waals surface area (Å²) >= 11 is 0. The van der Waals surface area contributed by atoms with Gasteiger partial charge in [0, 0.05) is 17.0 Å². The molecular weight excluding hydrogens is 364 g/mol. The number of aromatic nitrogens is 3. The van der Waals surface area contributed by atoms with Gasteiger partial charge in [0.15, 0.2) is 0 Å². The number of imidazole rings is 1. The molecule has 2 heterocycles.